The molecule has 0 atom stereocenters. The number of carboxylic acids is 1. The molecule has 0 aliphatic carbocycles. The summed E-state index contributed by atoms with van der Waals surface area (Å²) in [6.07, 6.45) is 0. The van der Waals surface area contributed by atoms with Crippen LogP contribution in [0.4, 0.5) is 0 Å². The summed E-state index contributed by atoms with van der Waals surface area (Å²) in [6.45, 7) is 0.697. The van der Waals surface area contributed by atoms with E-state index in [4.69, 9.17) is 9.84 Å². The number of ether oxygens (including phenoxy) is 1. The molecule has 0 aliphatic heterocycles. The Morgan fingerprint density at radius 2 is 1.68 bits per heavy atom. The summed E-state index contributed by atoms with van der Waals surface area (Å²) in [5.74, 6) is -1.14. The Kier molecular flexibility index (Phi) is 4.15. The van der Waals surface area contributed by atoms with Crippen LogP contribution in [0.2, 0.25) is 0 Å². The molecule has 0 saturated carbocycles. The summed E-state index contributed by atoms with van der Waals surface area (Å²) < 4.78 is 5.49. The summed E-state index contributed by atoms with van der Waals surface area (Å²) in [5.41, 5.74) is 1.73. The van der Waals surface area contributed by atoms with Crippen LogP contribution in [-0.2, 0) is 18.0 Å². The molecule has 19 heavy (non-hydrogen) atoms. The first-order valence-corrected chi connectivity index (χ1v) is 5.83. The molecule has 2 rings (SSSR count). The number of hydrogen-bond donors (Lipinski definition) is 2. The van der Waals surface area contributed by atoms with E-state index in [1.807, 2.05) is 30.3 Å². The van der Waals surface area contributed by atoms with E-state index in [0.717, 1.165) is 5.56 Å². The molecule has 4 heteroatoms. The highest BCUT2D eigenvalue weighted by molar-refractivity contribution is 5.88. The van der Waals surface area contributed by atoms with E-state index >= 15 is 0 Å². The van der Waals surface area contributed by atoms with Crippen molar-refractivity contribution in [2.45, 2.75) is 13.2 Å². The molecule has 0 aromatic heterocycles. The molecule has 0 aliphatic rings. The number of rotatable bonds is 5. The molecule has 2 aromatic carbocycles. The predicted molar refractivity (Wildman–Crippen MR) is 70.0 cm³/mol. The fourth-order valence-electron chi connectivity index (χ4n) is 1.74. The second-order valence-corrected chi connectivity index (χ2v) is 4.17. The van der Waals surface area contributed by atoms with Crippen LogP contribution in [0.3, 0.4) is 0 Å². The number of phenolic OH excluding ortho intramolecular Hbond substituents is 1. The molecule has 98 valence electrons. The summed E-state index contributed by atoms with van der Waals surface area (Å²) in [4.78, 5) is 10.8. The van der Waals surface area contributed by atoms with Crippen LogP contribution < -0.4 is 0 Å². The monoisotopic (exact) mass is 258 g/mol. The van der Waals surface area contributed by atoms with Crippen molar-refractivity contribution < 1.29 is 19.7 Å². The van der Waals surface area contributed by atoms with E-state index < -0.39 is 5.97 Å². The third kappa shape index (κ3) is 3.82. The van der Waals surface area contributed by atoms with E-state index in [1.54, 1.807) is 0 Å². The van der Waals surface area contributed by atoms with Crippen LogP contribution >= 0.6 is 0 Å². The Morgan fingerprint density at radius 1 is 1.00 bits per heavy atom. The van der Waals surface area contributed by atoms with E-state index in [1.165, 1.54) is 18.2 Å². The first kappa shape index (κ1) is 13.1. The highest BCUT2D eigenvalue weighted by Gasteiger charge is 2.06. The molecular formula is C15H14O4. The zero-order valence-corrected chi connectivity index (χ0v) is 10.2. The van der Waals surface area contributed by atoms with Crippen LogP contribution in [-0.4, -0.2) is 16.2 Å². The van der Waals surface area contributed by atoms with Crippen LogP contribution in [0, 0.1) is 0 Å². The van der Waals surface area contributed by atoms with Gasteiger partial charge in [0.2, 0.25) is 0 Å². The molecular weight excluding hydrogens is 244 g/mol. The quantitative estimate of drug-likeness (QED) is 0.865. The lowest BCUT2D eigenvalue weighted by Crippen LogP contribution is -1.99. The first-order chi connectivity index (χ1) is 9.15. The van der Waals surface area contributed by atoms with Gasteiger partial charge in [-0.1, -0.05) is 30.3 Å². The minimum Gasteiger partial charge on any atom is -0.508 e. The van der Waals surface area contributed by atoms with Gasteiger partial charge >= 0.3 is 5.97 Å². The summed E-state index contributed by atoms with van der Waals surface area (Å²) in [6, 6.07) is 13.9. The number of hydrogen-bond acceptors (Lipinski definition) is 3. The number of aromatic hydroxyl groups is 1. The van der Waals surface area contributed by atoms with Gasteiger partial charge in [0.05, 0.1) is 18.8 Å². The molecule has 0 heterocycles. The first-order valence-electron chi connectivity index (χ1n) is 5.83. The Hall–Kier alpha value is -2.33. The van der Waals surface area contributed by atoms with Gasteiger partial charge in [-0.2, -0.15) is 0 Å². The Labute approximate surface area is 110 Å². The van der Waals surface area contributed by atoms with Crippen molar-refractivity contribution in [1.82, 2.24) is 0 Å². The fourth-order valence-corrected chi connectivity index (χ4v) is 1.74. The van der Waals surface area contributed by atoms with Gasteiger partial charge < -0.3 is 14.9 Å². The van der Waals surface area contributed by atoms with Gasteiger partial charge in [0.1, 0.15) is 5.75 Å². The van der Waals surface area contributed by atoms with Gasteiger partial charge in [0, 0.05) is 0 Å². The number of phenols is 1. The standard InChI is InChI=1S/C15H14O4/c16-14-7-12(6-13(8-14)15(17)18)10-19-9-11-4-2-1-3-5-11/h1-8,16H,9-10H2,(H,17,18). The van der Waals surface area contributed by atoms with Crippen molar-refractivity contribution in [3.05, 3.63) is 65.2 Å². The van der Waals surface area contributed by atoms with Crippen molar-refractivity contribution in [3.63, 3.8) is 0 Å². The lowest BCUT2D eigenvalue weighted by atomic mass is 10.1. The van der Waals surface area contributed by atoms with Crippen LogP contribution in [0.1, 0.15) is 21.5 Å². The van der Waals surface area contributed by atoms with Gasteiger partial charge in [0.25, 0.3) is 0 Å². The average Bonchev–Trinajstić information content (AvgIpc) is 2.39. The van der Waals surface area contributed by atoms with Crippen LogP contribution in [0.25, 0.3) is 0 Å². The number of benzene rings is 2. The molecule has 2 aromatic rings. The molecule has 0 saturated heterocycles. The van der Waals surface area contributed by atoms with Gasteiger partial charge in [-0.25, -0.2) is 4.79 Å². The predicted octanol–water partition coefficient (Wildman–Crippen LogP) is 2.81. The lowest BCUT2D eigenvalue weighted by Gasteiger charge is -2.06. The molecule has 4 nitrogen and oxygen atoms in total. The largest absolute Gasteiger partial charge is 0.508 e. The maximum atomic E-state index is 10.8. The minimum absolute atomic E-state index is 0.0540. The van der Waals surface area contributed by atoms with Crippen LogP contribution in [0.15, 0.2) is 48.5 Å². The molecule has 0 fully saturated rings. The number of aromatic carboxylic acids is 1. The lowest BCUT2D eigenvalue weighted by molar-refractivity contribution is 0.0695. The second-order valence-electron chi connectivity index (χ2n) is 4.17. The van der Waals surface area contributed by atoms with Crippen molar-refractivity contribution >= 4 is 5.97 Å². The number of carbonyl (C=O) groups is 1. The van der Waals surface area contributed by atoms with Gasteiger partial charge in [-0.05, 0) is 29.3 Å². The third-order valence-corrected chi connectivity index (χ3v) is 2.60. The van der Waals surface area contributed by atoms with E-state index in [0.29, 0.717) is 12.2 Å². The zero-order chi connectivity index (χ0) is 13.7. The third-order valence-electron chi connectivity index (χ3n) is 2.60. The van der Waals surface area contributed by atoms with E-state index in [-0.39, 0.29) is 17.9 Å². The zero-order valence-electron chi connectivity index (χ0n) is 10.2. The van der Waals surface area contributed by atoms with E-state index in [2.05, 4.69) is 0 Å². The Morgan fingerprint density at radius 3 is 2.37 bits per heavy atom. The Balaban J connectivity index is 1.98. The van der Waals surface area contributed by atoms with Crippen molar-refractivity contribution in [2.75, 3.05) is 0 Å². The van der Waals surface area contributed by atoms with Gasteiger partial charge in [-0.15, -0.1) is 0 Å². The maximum absolute atomic E-state index is 10.8. The summed E-state index contributed by atoms with van der Waals surface area (Å²) in [7, 11) is 0. The minimum atomic E-state index is -1.07. The SMILES string of the molecule is O=C(O)c1cc(O)cc(COCc2ccccc2)c1. The highest BCUT2D eigenvalue weighted by Crippen LogP contribution is 2.17. The van der Waals surface area contributed by atoms with Crippen LogP contribution in [0.5, 0.6) is 5.75 Å². The van der Waals surface area contributed by atoms with Crippen molar-refractivity contribution in [1.29, 1.82) is 0 Å². The topological polar surface area (TPSA) is 66.8 Å². The molecule has 0 unspecified atom stereocenters. The highest BCUT2D eigenvalue weighted by atomic mass is 16.5. The average molecular weight is 258 g/mol. The molecule has 0 spiro atoms. The molecule has 0 bridgehead atoms. The summed E-state index contributed by atoms with van der Waals surface area (Å²) in [5, 5.41) is 18.3. The number of carboxylic acid groups (broad SMARTS) is 1. The van der Waals surface area contributed by atoms with Gasteiger partial charge in [-0.3, -0.25) is 0 Å². The van der Waals surface area contributed by atoms with Gasteiger partial charge in [0.15, 0.2) is 0 Å². The maximum Gasteiger partial charge on any atom is 0.335 e. The van der Waals surface area contributed by atoms with E-state index in [9.17, 15) is 9.90 Å². The molecule has 0 amide bonds. The fraction of sp³-hybridized carbons (Fsp3) is 0.133. The summed E-state index contributed by atoms with van der Waals surface area (Å²) >= 11 is 0. The smallest absolute Gasteiger partial charge is 0.335 e. The second kappa shape index (κ2) is 6.02. The normalized spacial score (nSPS) is 10.3. The Bertz CT molecular complexity index is 564. The van der Waals surface area contributed by atoms with Crippen molar-refractivity contribution in [3.8, 4) is 5.75 Å². The van der Waals surface area contributed by atoms with Crippen molar-refractivity contribution in [2.24, 2.45) is 0 Å². The molecule has 0 radical (unpaired) electrons. The molecule has 2 N–H and O–H groups in total.